The van der Waals surface area contributed by atoms with Gasteiger partial charge in [0.25, 0.3) is 0 Å². The molecule has 1 saturated heterocycles. The van der Waals surface area contributed by atoms with Crippen molar-refractivity contribution in [3.05, 3.63) is 0 Å². The standard InChI is InChI=1S/C9H19FN2/c1-11(2)9-4-3-6-12(8-9)7-5-10/h9H,3-8H2,1-2H3. The number of alkyl halides is 1. The van der Waals surface area contributed by atoms with Crippen LogP contribution in [0.3, 0.4) is 0 Å². The summed E-state index contributed by atoms with van der Waals surface area (Å²) in [6.45, 7) is 2.52. The Bertz CT molecular complexity index is 126. The number of piperidine rings is 1. The Balaban J connectivity index is 2.30. The van der Waals surface area contributed by atoms with Gasteiger partial charge in [-0.1, -0.05) is 0 Å². The molecule has 0 spiro atoms. The zero-order chi connectivity index (χ0) is 8.97. The van der Waals surface area contributed by atoms with Crippen LogP contribution in [-0.2, 0) is 0 Å². The van der Waals surface area contributed by atoms with E-state index in [1.54, 1.807) is 0 Å². The lowest BCUT2D eigenvalue weighted by Crippen LogP contribution is -2.45. The number of halogens is 1. The molecular formula is C9H19FN2. The topological polar surface area (TPSA) is 6.48 Å². The molecule has 2 nitrogen and oxygen atoms in total. The molecule has 0 amide bonds. The summed E-state index contributed by atoms with van der Waals surface area (Å²) in [5, 5.41) is 0. The van der Waals surface area contributed by atoms with E-state index in [0.717, 1.165) is 13.1 Å². The lowest BCUT2D eigenvalue weighted by Gasteiger charge is -2.35. The number of hydrogen-bond donors (Lipinski definition) is 0. The molecule has 0 radical (unpaired) electrons. The average Bonchev–Trinajstić information content (AvgIpc) is 2.05. The molecule has 0 N–H and O–H groups in total. The van der Waals surface area contributed by atoms with E-state index < -0.39 is 0 Å². The fraction of sp³-hybridized carbons (Fsp3) is 1.00. The third kappa shape index (κ3) is 2.72. The van der Waals surface area contributed by atoms with Crippen molar-refractivity contribution in [1.29, 1.82) is 0 Å². The molecule has 0 aromatic carbocycles. The van der Waals surface area contributed by atoms with Gasteiger partial charge in [0.2, 0.25) is 0 Å². The molecule has 0 saturated carbocycles. The second-order valence-corrected chi connectivity index (χ2v) is 3.75. The largest absolute Gasteiger partial charge is 0.305 e. The first-order valence-corrected chi connectivity index (χ1v) is 4.69. The van der Waals surface area contributed by atoms with E-state index in [1.165, 1.54) is 12.8 Å². The van der Waals surface area contributed by atoms with Crippen LogP contribution in [0.5, 0.6) is 0 Å². The molecule has 1 unspecified atom stereocenters. The zero-order valence-electron chi connectivity index (χ0n) is 8.09. The van der Waals surface area contributed by atoms with Crippen LogP contribution in [0.15, 0.2) is 0 Å². The third-order valence-corrected chi connectivity index (χ3v) is 2.61. The Morgan fingerprint density at radius 2 is 2.25 bits per heavy atom. The summed E-state index contributed by atoms with van der Waals surface area (Å²) >= 11 is 0. The molecule has 1 fully saturated rings. The van der Waals surface area contributed by atoms with Crippen molar-refractivity contribution < 1.29 is 4.39 Å². The predicted molar refractivity (Wildman–Crippen MR) is 49.1 cm³/mol. The maximum Gasteiger partial charge on any atom is 0.102 e. The van der Waals surface area contributed by atoms with Crippen molar-refractivity contribution in [2.75, 3.05) is 40.4 Å². The van der Waals surface area contributed by atoms with Crippen molar-refractivity contribution in [2.24, 2.45) is 0 Å². The number of rotatable bonds is 3. The van der Waals surface area contributed by atoms with Crippen molar-refractivity contribution >= 4 is 0 Å². The Kier molecular flexibility index (Phi) is 3.95. The monoisotopic (exact) mass is 174 g/mol. The van der Waals surface area contributed by atoms with Crippen LogP contribution >= 0.6 is 0 Å². The highest BCUT2D eigenvalue weighted by Crippen LogP contribution is 2.12. The third-order valence-electron chi connectivity index (χ3n) is 2.61. The quantitative estimate of drug-likeness (QED) is 0.629. The van der Waals surface area contributed by atoms with Gasteiger partial charge in [0.1, 0.15) is 6.67 Å². The predicted octanol–water partition coefficient (Wildman–Crippen LogP) is 0.982. The summed E-state index contributed by atoms with van der Waals surface area (Å²) in [7, 11) is 4.20. The van der Waals surface area contributed by atoms with E-state index in [2.05, 4.69) is 23.9 Å². The van der Waals surface area contributed by atoms with Crippen molar-refractivity contribution in [1.82, 2.24) is 9.80 Å². The molecule has 1 rings (SSSR count). The Hall–Kier alpha value is -0.150. The number of likely N-dealkylation sites (N-methyl/N-ethyl adjacent to an activating group) is 1. The summed E-state index contributed by atoms with van der Waals surface area (Å²) < 4.78 is 12.1. The van der Waals surface area contributed by atoms with Crippen LogP contribution in [0.1, 0.15) is 12.8 Å². The van der Waals surface area contributed by atoms with Gasteiger partial charge in [-0.15, -0.1) is 0 Å². The van der Waals surface area contributed by atoms with Gasteiger partial charge in [-0.25, -0.2) is 4.39 Å². The fourth-order valence-corrected chi connectivity index (χ4v) is 1.78. The molecule has 72 valence electrons. The van der Waals surface area contributed by atoms with Gasteiger partial charge < -0.3 is 4.90 Å². The summed E-state index contributed by atoms with van der Waals surface area (Å²) in [6, 6.07) is 0.630. The highest BCUT2D eigenvalue weighted by molar-refractivity contribution is 4.77. The Morgan fingerprint density at radius 3 is 2.83 bits per heavy atom. The van der Waals surface area contributed by atoms with Crippen molar-refractivity contribution in [2.45, 2.75) is 18.9 Å². The molecule has 0 aromatic rings. The lowest BCUT2D eigenvalue weighted by atomic mass is 10.1. The minimum atomic E-state index is -0.208. The first-order chi connectivity index (χ1) is 5.74. The fourth-order valence-electron chi connectivity index (χ4n) is 1.78. The summed E-state index contributed by atoms with van der Waals surface area (Å²) in [5.41, 5.74) is 0. The van der Waals surface area contributed by atoms with Crippen LogP contribution in [0.4, 0.5) is 4.39 Å². The minimum absolute atomic E-state index is 0.208. The van der Waals surface area contributed by atoms with E-state index in [1.807, 2.05) is 0 Å². The smallest absolute Gasteiger partial charge is 0.102 e. The molecule has 1 heterocycles. The van der Waals surface area contributed by atoms with E-state index in [9.17, 15) is 4.39 Å². The van der Waals surface area contributed by atoms with Gasteiger partial charge in [0, 0.05) is 19.1 Å². The number of nitrogens with zero attached hydrogens (tertiary/aromatic N) is 2. The molecular weight excluding hydrogens is 155 g/mol. The molecule has 12 heavy (non-hydrogen) atoms. The van der Waals surface area contributed by atoms with Gasteiger partial charge in [-0.3, -0.25) is 4.90 Å². The van der Waals surface area contributed by atoms with Crippen LogP contribution in [0, 0.1) is 0 Å². The second-order valence-electron chi connectivity index (χ2n) is 3.75. The zero-order valence-corrected chi connectivity index (χ0v) is 8.09. The van der Waals surface area contributed by atoms with Gasteiger partial charge in [0.15, 0.2) is 0 Å². The molecule has 0 aliphatic carbocycles. The van der Waals surface area contributed by atoms with E-state index >= 15 is 0 Å². The van der Waals surface area contributed by atoms with E-state index in [4.69, 9.17) is 0 Å². The van der Waals surface area contributed by atoms with Crippen molar-refractivity contribution in [3.8, 4) is 0 Å². The molecule has 0 aromatic heterocycles. The maximum atomic E-state index is 12.1. The SMILES string of the molecule is CN(C)C1CCCN(CCF)C1. The second kappa shape index (κ2) is 4.77. The van der Waals surface area contributed by atoms with Gasteiger partial charge >= 0.3 is 0 Å². The van der Waals surface area contributed by atoms with Crippen LogP contribution < -0.4 is 0 Å². The molecule has 1 aliphatic heterocycles. The molecule has 3 heteroatoms. The summed E-state index contributed by atoms with van der Waals surface area (Å²) in [6.07, 6.45) is 2.47. The van der Waals surface area contributed by atoms with Crippen LogP contribution in [-0.4, -0.2) is 56.2 Å². The van der Waals surface area contributed by atoms with Crippen LogP contribution in [0.2, 0.25) is 0 Å². The van der Waals surface area contributed by atoms with E-state index in [-0.39, 0.29) is 6.67 Å². The van der Waals surface area contributed by atoms with Gasteiger partial charge in [-0.05, 0) is 33.5 Å². The first-order valence-electron chi connectivity index (χ1n) is 4.69. The summed E-state index contributed by atoms with van der Waals surface area (Å²) in [5.74, 6) is 0. The first kappa shape index (κ1) is 9.93. The van der Waals surface area contributed by atoms with Crippen LogP contribution in [0.25, 0.3) is 0 Å². The molecule has 1 atom stereocenters. The minimum Gasteiger partial charge on any atom is -0.305 e. The maximum absolute atomic E-state index is 12.1. The van der Waals surface area contributed by atoms with Gasteiger partial charge in [-0.2, -0.15) is 0 Å². The lowest BCUT2D eigenvalue weighted by molar-refractivity contribution is 0.127. The highest BCUT2D eigenvalue weighted by Gasteiger charge is 2.20. The normalized spacial score (nSPS) is 26.5. The Morgan fingerprint density at radius 1 is 1.50 bits per heavy atom. The van der Waals surface area contributed by atoms with E-state index in [0.29, 0.717) is 12.6 Å². The average molecular weight is 174 g/mol. The summed E-state index contributed by atoms with van der Waals surface area (Å²) in [4.78, 5) is 4.46. The Labute approximate surface area is 74.3 Å². The highest BCUT2D eigenvalue weighted by atomic mass is 19.1. The molecule has 0 bridgehead atoms. The van der Waals surface area contributed by atoms with Crippen molar-refractivity contribution in [3.63, 3.8) is 0 Å². The van der Waals surface area contributed by atoms with Gasteiger partial charge in [0.05, 0.1) is 0 Å². The number of likely N-dealkylation sites (tertiary alicyclic amines) is 1. The number of hydrogen-bond acceptors (Lipinski definition) is 2. The molecule has 1 aliphatic rings.